The normalized spacial score (nSPS) is 18.2. The van der Waals surface area contributed by atoms with Crippen molar-refractivity contribution in [2.24, 2.45) is 5.73 Å². The molecule has 1 heterocycles. The van der Waals surface area contributed by atoms with E-state index in [0.29, 0.717) is 39.1 Å². The average molecular weight is 271 g/mol. The molecule has 2 N–H and O–H groups in total. The van der Waals surface area contributed by atoms with Crippen molar-refractivity contribution >= 4 is 11.9 Å². The topological polar surface area (TPSA) is 75.9 Å². The molecule has 0 radical (unpaired) electrons. The van der Waals surface area contributed by atoms with Crippen molar-refractivity contribution in [2.45, 2.75) is 32.2 Å². The Balaban J connectivity index is 2.29. The summed E-state index contributed by atoms with van der Waals surface area (Å²) in [4.78, 5) is 27.0. The minimum Gasteiger partial charge on any atom is -0.468 e. The van der Waals surface area contributed by atoms with Crippen LogP contribution in [0.15, 0.2) is 0 Å². The van der Waals surface area contributed by atoms with E-state index in [9.17, 15) is 9.59 Å². The van der Waals surface area contributed by atoms with Crippen LogP contribution in [0.4, 0.5) is 0 Å². The van der Waals surface area contributed by atoms with Crippen molar-refractivity contribution in [1.82, 2.24) is 9.80 Å². The van der Waals surface area contributed by atoms with Gasteiger partial charge in [-0.1, -0.05) is 13.3 Å². The van der Waals surface area contributed by atoms with Gasteiger partial charge in [0.15, 0.2) is 0 Å². The third kappa shape index (κ3) is 5.57. The molecule has 0 spiro atoms. The van der Waals surface area contributed by atoms with Crippen LogP contribution in [-0.2, 0) is 14.3 Å². The monoisotopic (exact) mass is 271 g/mol. The number of nitrogens with two attached hydrogens (primary N) is 1. The van der Waals surface area contributed by atoms with Gasteiger partial charge in [-0.3, -0.25) is 14.5 Å². The number of hydrogen-bond donors (Lipinski definition) is 1. The first kappa shape index (κ1) is 15.9. The second-order valence-corrected chi connectivity index (χ2v) is 4.99. The molecule has 1 atom stereocenters. The lowest BCUT2D eigenvalue weighted by Gasteiger charge is -2.34. The van der Waals surface area contributed by atoms with Gasteiger partial charge in [-0.05, 0) is 6.42 Å². The molecule has 6 heteroatoms. The number of esters is 1. The van der Waals surface area contributed by atoms with E-state index >= 15 is 0 Å². The highest BCUT2D eigenvalue weighted by Gasteiger charge is 2.23. The van der Waals surface area contributed by atoms with E-state index in [1.165, 1.54) is 7.11 Å². The summed E-state index contributed by atoms with van der Waals surface area (Å²) in [6.45, 7) is 5.11. The molecule has 1 unspecified atom stereocenters. The van der Waals surface area contributed by atoms with Crippen LogP contribution in [0.3, 0.4) is 0 Å². The maximum absolute atomic E-state index is 12.0. The minimum absolute atomic E-state index is 0.0365. The fourth-order valence-electron chi connectivity index (χ4n) is 2.23. The predicted molar refractivity (Wildman–Crippen MR) is 72.5 cm³/mol. The molecule has 0 aromatic rings. The van der Waals surface area contributed by atoms with Gasteiger partial charge < -0.3 is 15.4 Å². The number of carbonyl (C=O) groups is 2. The first-order chi connectivity index (χ1) is 9.06. The quantitative estimate of drug-likeness (QED) is 0.678. The SMILES string of the molecule is CCCC(N)CC(=O)N1CCN(CC(=O)OC)CC1. The lowest BCUT2D eigenvalue weighted by Crippen LogP contribution is -2.50. The molecule has 0 aromatic heterocycles. The van der Waals surface area contributed by atoms with E-state index in [4.69, 9.17) is 5.73 Å². The summed E-state index contributed by atoms with van der Waals surface area (Å²) in [7, 11) is 1.39. The molecule has 110 valence electrons. The zero-order valence-electron chi connectivity index (χ0n) is 11.9. The van der Waals surface area contributed by atoms with Crippen LogP contribution in [0.5, 0.6) is 0 Å². The molecule has 1 fully saturated rings. The van der Waals surface area contributed by atoms with Gasteiger partial charge in [0.1, 0.15) is 0 Å². The molecule has 1 amide bonds. The maximum atomic E-state index is 12.0. The fraction of sp³-hybridized carbons (Fsp3) is 0.846. The Hall–Kier alpha value is -1.14. The number of carbonyl (C=O) groups excluding carboxylic acids is 2. The summed E-state index contributed by atoms with van der Waals surface area (Å²) in [5.41, 5.74) is 5.88. The van der Waals surface area contributed by atoms with Gasteiger partial charge in [-0.25, -0.2) is 0 Å². The molecular weight excluding hydrogens is 246 g/mol. The Bertz CT molecular complexity index is 302. The first-order valence-corrected chi connectivity index (χ1v) is 6.89. The van der Waals surface area contributed by atoms with Gasteiger partial charge >= 0.3 is 5.97 Å². The van der Waals surface area contributed by atoms with E-state index < -0.39 is 0 Å². The number of amides is 1. The second kappa shape index (κ2) is 8.12. The molecule has 1 aliphatic rings. The molecule has 0 saturated carbocycles. The number of ether oxygens (including phenoxy) is 1. The van der Waals surface area contributed by atoms with Crippen LogP contribution in [-0.4, -0.2) is 67.6 Å². The van der Waals surface area contributed by atoms with Crippen molar-refractivity contribution in [3.05, 3.63) is 0 Å². The lowest BCUT2D eigenvalue weighted by molar-refractivity contribution is -0.142. The summed E-state index contributed by atoms with van der Waals surface area (Å²) < 4.78 is 4.63. The summed E-state index contributed by atoms with van der Waals surface area (Å²) in [6, 6.07) is -0.0365. The highest BCUT2D eigenvalue weighted by molar-refractivity contribution is 5.77. The number of methoxy groups -OCH3 is 1. The molecular formula is C13H25N3O3. The summed E-state index contributed by atoms with van der Waals surface area (Å²) in [5, 5.41) is 0. The second-order valence-electron chi connectivity index (χ2n) is 4.99. The largest absolute Gasteiger partial charge is 0.468 e. The van der Waals surface area contributed by atoms with Gasteiger partial charge in [0.25, 0.3) is 0 Å². The number of piperazine rings is 1. The molecule has 0 aromatic carbocycles. The molecule has 0 aliphatic carbocycles. The minimum atomic E-state index is -0.232. The third-order valence-corrected chi connectivity index (χ3v) is 3.40. The highest BCUT2D eigenvalue weighted by Crippen LogP contribution is 2.07. The smallest absolute Gasteiger partial charge is 0.319 e. The molecule has 1 saturated heterocycles. The van der Waals surface area contributed by atoms with Crippen LogP contribution in [0.1, 0.15) is 26.2 Å². The average Bonchev–Trinajstić information content (AvgIpc) is 2.39. The molecule has 1 rings (SSSR count). The zero-order valence-corrected chi connectivity index (χ0v) is 11.9. The number of rotatable bonds is 6. The van der Waals surface area contributed by atoms with Gasteiger partial charge in [-0.15, -0.1) is 0 Å². The van der Waals surface area contributed by atoms with E-state index in [0.717, 1.165) is 12.8 Å². The van der Waals surface area contributed by atoms with Crippen LogP contribution < -0.4 is 5.73 Å². The third-order valence-electron chi connectivity index (χ3n) is 3.40. The van der Waals surface area contributed by atoms with Crippen LogP contribution >= 0.6 is 0 Å². The molecule has 6 nitrogen and oxygen atoms in total. The van der Waals surface area contributed by atoms with Gasteiger partial charge in [0.2, 0.25) is 5.91 Å². The fourth-order valence-corrected chi connectivity index (χ4v) is 2.23. The summed E-state index contributed by atoms with van der Waals surface area (Å²) >= 11 is 0. The Morgan fingerprint density at radius 3 is 2.42 bits per heavy atom. The Morgan fingerprint density at radius 2 is 1.89 bits per heavy atom. The zero-order chi connectivity index (χ0) is 14.3. The lowest BCUT2D eigenvalue weighted by atomic mass is 10.1. The predicted octanol–water partition coefficient (Wildman–Crippen LogP) is -0.179. The molecule has 19 heavy (non-hydrogen) atoms. The summed E-state index contributed by atoms with van der Waals surface area (Å²) in [5.74, 6) is -0.108. The summed E-state index contributed by atoms with van der Waals surface area (Å²) in [6.07, 6.45) is 2.31. The molecule has 1 aliphatic heterocycles. The van der Waals surface area contributed by atoms with Crippen molar-refractivity contribution in [2.75, 3.05) is 39.8 Å². The van der Waals surface area contributed by atoms with Crippen molar-refractivity contribution < 1.29 is 14.3 Å². The highest BCUT2D eigenvalue weighted by atomic mass is 16.5. The van der Waals surface area contributed by atoms with Crippen molar-refractivity contribution in [3.63, 3.8) is 0 Å². The van der Waals surface area contributed by atoms with E-state index in [1.54, 1.807) is 0 Å². The van der Waals surface area contributed by atoms with E-state index in [2.05, 4.69) is 11.7 Å². The van der Waals surface area contributed by atoms with E-state index in [1.807, 2.05) is 9.80 Å². The first-order valence-electron chi connectivity index (χ1n) is 6.89. The number of nitrogens with zero attached hydrogens (tertiary/aromatic N) is 2. The van der Waals surface area contributed by atoms with Gasteiger partial charge in [0.05, 0.1) is 13.7 Å². The van der Waals surface area contributed by atoms with Gasteiger partial charge in [0, 0.05) is 38.6 Å². The van der Waals surface area contributed by atoms with Crippen LogP contribution in [0.2, 0.25) is 0 Å². The Labute approximate surface area is 114 Å². The van der Waals surface area contributed by atoms with Crippen LogP contribution in [0, 0.1) is 0 Å². The Morgan fingerprint density at radius 1 is 1.26 bits per heavy atom. The van der Waals surface area contributed by atoms with E-state index in [-0.39, 0.29) is 17.9 Å². The van der Waals surface area contributed by atoms with Gasteiger partial charge in [-0.2, -0.15) is 0 Å². The van der Waals surface area contributed by atoms with Crippen LogP contribution in [0.25, 0.3) is 0 Å². The maximum Gasteiger partial charge on any atom is 0.319 e. The van der Waals surface area contributed by atoms with Crippen molar-refractivity contribution in [3.8, 4) is 0 Å². The standard InChI is InChI=1S/C13H25N3O3/c1-3-4-11(14)9-12(17)16-7-5-15(6-8-16)10-13(18)19-2/h11H,3-10,14H2,1-2H3. The Kier molecular flexibility index (Phi) is 6.80. The van der Waals surface area contributed by atoms with Crippen molar-refractivity contribution in [1.29, 1.82) is 0 Å². The molecule has 0 bridgehead atoms. The number of hydrogen-bond acceptors (Lipinski definition) is 5.